The Morgan fingerprint density at radius 2 is 2.11 bits per heavy atom. The van der Waals surface area contributed by atoms with Crippen LogP contribution in [0, 0.1) is 6.92 Å². The van der Waals surface area contributed by atoms with E-state index in [4.69, 9.17) is 9.15 Å². The fourth-order valence-corrected chi connectivity index (χ4v) is 3.12. The summed E-state index contributed by atoms with van der Waals surface area (Å²) < 4.78 is 12.1. The summed E-state index contributed by atoms with van der Waals surface area (Å²) in [7, 11) is 0. The maximum absolute atomic E-state index is 12.9. The van der Waals surface area contributed by atoms with E-state index in [0.717, 1.165) is 10.6 Å². The second-order valence-corrected chi connectivity index (χ2v) is 6.82. The molecule has 0 atom stereocenters. The first-order chi connectivity index (χ1) is 13.7. The third-order valence-corrected chi connectivity index (χ3v) is 4.60. The molecule has 0 fully saturated rings. The number of carbonyl (C=O) groups is 1. The smallest absolute Gasteiger partial charge is 0.357 e. The van der Waals surface area contributed by atoms with Crippen LogP contribution in [0.4, 0.5) is 0 Å². The van der Waals surface area contributed by atoms with Gasteiger partial charge in [0.2, 0.25) is 0 Å². The van der Waals surface area contributed by atoms with Gasteiger partial charge in [-0.25, -0.2) is 9.78 Å². The van der Waals surface area contributed by atoms with Crippen molar-refractivity contribution in [1.29, 1.82) is 0 Å². The Hall–Kier alpha value is -3.59. The van der Waals surface area contributed by atoms with E-state index < -0.39 is 5.97 Å². The fourth-order valence-electron chi connectivity index (χ4n) is 2.52. The molecule has 3 aromatic heterocycles. The Bertz CT molecular complexity index is 1100. The lowest BCUT2D eigenvalue weighted by Gasteiger charge is -2.09. The van der Waals surface area contributed by atoms with Crippen LogP contribution in [0.1, 0.15) is 16.5 Å². The van der Waals surface area contributed by atoms with Gasteiger partial charge in [-0.3, -0.25) is 0 Å². The number of aryl methyl sites for hydroxylation is 1. The standard InChI is InChI=1S/C19H15N5O3S/c1-13-20-15(12-28-13)11-27-19(25)17(10-16-8-5-9-26-16)24-18(21-22-23-24)14-6-3-2-4-7-14/h2-10,12H,11H2,1H3/b17-10-. The molecule has 0 saturated carbocycles. The Morgan fingerprint density at radius 1 is 1.25 bits per heavy atom. The number of benzene rings is 1. The molecular weight excluding hydrogens is 378 g/mol. The van der Waals surface area contributed by atoms with Crippen LogP contribution in [0.25, 0.3) is 23.2 Å². The molecule has 9 heteroatoms. The Balaban J connectivity index is 1.67. The van der Waals surface area contributed by atoms with E-state index in [9.17, 15) is 4.79 Å². The summed E-state index contributed by atoms with van der Waals surface area (Å²) in [5, 5.41) is 14.5. The van der Waals surface area contributed by atoms with Gasteiger partial charge in [0.25, 0.3) is 0 Å². The van der Waals surface area contributed by atoms with Crippen LogP contribution in [0.15, 0.2) is 58.5 Å². The molecule has 28 heavy (non-hydrogen) atoms. The number of nitrogens with zero attached hydrogens (tertiary/aromatic N) is 5. The summed E-state index contributed by atoms with van der Waals surface area (Å²) in [6.07, 6.45) is 3.06. The van der Waals surface area contributed by atoms with E-state index in [1.54, 1.807) is 12.1 Å². The number of esters is 1. The molecule has 4 rings (SSSR count). The first kappa shape index (κ1) is 17.8. The summed E-state index contributed by atoms with van der Waals surface area (Å²) in [5.74, 6) is 0.303. The van der Waals surface area contributed by atoms with Crippen LogP contribution < -0.4 is 0 Å². The molecule has 0 amide bonds. The Kier molecular flexibility index (Phi) is 5.07. The first-order valence-electron chi connectivity index (χ1n) is 8.38. The topological polar surface area (TPSA) is 95.9 Å². The lowest BCUT2D eigenvalue weighted by Crippen LogP contribution is -2.15. The largest absolute Gasteiger partial charge is 0.465 e. The number of rotatable bonds is 6. The molecule has 0 aliphatic heterocycles. The quantitative estimate of drug-likeness (QED) is 0.366. The van der Waals surface area contributed by atoms with Crippen LogP contribution in [-0.2, 0) is 16.1 Å². The Morgan fingerprint density at radius 3 is 2.82 bits per heavy atom. The van der Waals surface area contributed by atoms with Crippen molar-refractivity contribution in [2.24, 2.45) is 0 Å². The summed E-state index contributed by atoms with van der Waals surface area (Å²) in [6, 6.07) is 12.8. The number of carbonyl (C=O) groups excluding carboxylic acids is 1. The predicted molar refractivity (Wildman–Crippen MR) is 103 cm³/mol. The number of ether oxygens (including phenoxy) is 1. The number of furan rings is 1. The van der Waals surface area contributed by atoms with Crippen LogP contribution >= 0.6 is 11.3 Å². The molecule has 0 unspecified atom stereocenters. The van der Waals surface area contributed by atoms with Gasteiger partial charge in [-0.1, -0.05) is 30.3 Å². The van der Waals surface area contributed by atoms with Crippen LogP contribution in [0.5, 0.6) is 0 Å². The van der Waals surface area contributed by atoms with Gasteiger partial charge in [0.1, 0.15) is 12.4 Å². The lowest BCUT2D eigenvalue weighted by atomic mass is 10.2. The van der Waals surface area contributed by atoms with Crippen molar-refractivity contribution in [2.75, 3.05) is 0 Å². The third-order valence-electron chi connectivity index (χ3n) is 3.78. The SMILES string of the molecule is Cc1nc(COC(=O)/C(=C/c2ccco2)n2nnnc2-c2ccccc2)cs1. The zero-order chi connectivity index (χ0) is 19.3. The van der Waals surface area contributed by atoms with Crippen molar-refractivity contribution in [3.8, 4) is 11.4 Å². The van der Waals surface area contributed by atoms with E-state index in [1.165, 1.54) is 28.4 Å². The first-order valence-corrected chi connectivity index (χ1v) is 9.26. The van der Waals surface area contributed by atoms with Crippen molar-refractivity contribution >= 4 is 29.1 Å². The van der Waals surface area contributed by atoms with Gasteiger partial charge >= 0.3 is 5.97 Å². The van der Waals surface area contributed by atoms with E-state index >= 15 is 0 Å². The summed E-state index contributed by atoms with van der Waals surface area (Å²) in [4.78, 5) is 17.2. The highest BCUT2D eigenvalue weighted by atomic mass is 32.1. The highest BCUT2D eigenvalue weighted by Gasteiger charge is 2.21. The minimum absolute atomic E-state index is 0.0570. The van der Waals surface area contributed by atoms with Crippen molar-refractivity contribution in [2.45, 2.75) is 13.5 Å². The molecule has 0 radical (unpaired) electrons. The third kappa shape index (κ3) is 3.89. The second-order valence-electron chi connectivity index (χ2n) is 5.76. The number of hydrogen-bond donors (Lipinski definition) is 0. The molecule has 0 aliphatic carbocycles. The van der Waals surface area contributed by atoms with E-state index in [2.05, 4.69) is 20.5 Å². The van der Waals surface area contributed by atoms with Gasteiger partial charge in [-0.2, -0.15) is 4.68 Å². The van der Waals surface area contributed by atoms with Gasteiger partial charge in [-0.05, 0) is 29.5 Å². The molecule has 0 saturated heterocycles. The molecule has 0 N–H and O–H groups in total. The molecule has 1 aromatic carbocycles. The molecular formula is C19H15N5O3S. The number of hydrogen-bond acceptors (Lipinski definition) is 8. The number of aromatic nitrogens is 5. The average molecular weight is 393 g/mol. The molecule has 3 heterocycles. The minimum Gasteiger partial charge on any atom is -0.465 e. The maximum Gasteiger partial charge on any atom is 0.357 e. The van der Waals surface area contributed by atoms with Gasteiger partial charge in [0.15, 0.2) is 11.5 Å². The molecule has 0 aliphatic rings. The van der Waals surface area contributed by atoms with Gasteiger partial charge in [0, 0.05) is 17.0 Å². The monoisotopic (exact) mass is 393 g/mol. The maximum atomic E-state index is 12.9. The van der Waals surface area contributed by atoms with Gasteiger partial charge in [-0.15, -0.1) is 16.4 Å². The highest BCUT2D eigenvalue weighted by Crippen LogP contribution is 2.22. The summed E-state index contributed by atoms with van der Waals surface area (Å²) in [6.45, 7) is 1.95. The van der Waals surface area contributed by atoms with Gasteiger partial charge in [0.05, 0.1) is 17.0 Å². The van der Waals surface area contributed by atoms with E-state index in [0.29, 0.717) is 17.3 Å². The van der Waals surface area contributed by atoms with Crippen LogP contribution in [-0.4, -0.2) is 31.2 Å². The normalized spacial score (nSPS) is 11.5. The second kappa shape index (κ2) is 7.97. The van der Waals surface area contributed by atoms with Crippen molar-refractivity contribution in [3.05, 3.63) is 70.6 Å². The molecule has 4 aromatic rings. The number of tetrazole rings is 1. The molecule has 8 nitrogen and oxygen atoms in total. The predicted octanol–water partition coefficient (Wildman–Crippen LogP) is 3.44. The van der Waals surface area contributed by atoms with Crippen LogP contribution in [0.3, 0.4) is 0 Å². The average Bonchev–Trinajstić information content (AvgIpc) is 3.47. The minimum atomic E-state index is -0.591. The Labute approximate surface area is 164 Å². The molecule has 0 bridgehead atoms. The summed E-state index contributed by atoms with van der Waals surface area (Å²) in [5.41, 5.74) is 1.58. The lowest BCUT2D eigenvalue weighted by molar-refractivity contribution is -0.138. The summed E-state index contributed by atoms with van der Waals surface area (Å²) >= 11 is 1.50. The number of thiazole rings is 1. The fraction of sp³-hybridized carbons (Fsp3) is 0.105. The van der Waals surface area contributed by atoms with Crippen molar-refractivity contribution in [3.63, 3.8) is 0 Å². The zero-order valence-corrected chi connectivity index (χ0v) is 15.7. The van der Waals surface area contributed by atoms with Crippen molar-refractivity contribution in [1.82, 2.24) is 25.2 Å². The molecule has 140 valence electrons. The van der Waals surface area contributed by atoms with Crippen LogP contribution in [0.2, 0.25) is 0 Å². The van der Waals surface area contributed by atoms with E-state index in [-0.39, 0.29) is 12.3 Å². The molecule has 0 spiro atoms. The van der Waals surface area contributed by atoms with Crippen molar-refractivity contribution < 1.29 is 13.9 Å². The highest BCUT2D eigenvalue weighted by molar-refractivity contribution is 7.09. The van der Waals surface area contributed by atoms with Gasteiger partial charge < -0.3 is 9.15 Å². The zero-order valence-electron chi connectivity index (χ0n) is 14.8. The van der Waals surface area contributed by atoms with E-state index in [1.807, 2.05) is 42.6 Å².